The Morgan fingerprint density at radius 2 is 1.70 bits per heavy atom. The normalized spacial score (nSPS) is 14.3. The summed E-state index contributed by atoms with van der Waals surface area (Å²) in [7, 11) is -3.99. The van der Waals surface area contributed by atoms with E-state index in [2.05, 4.69) is 0 Å². The van der Waals surface area contributed by atoms with E-state index in [-0.39, 0.29) is 27.9 Å². The summed E-state index contributed by atoms with van der Waals surface area (Å²) in [6, 6.07) is 19.4. The lowest BCUT2D eigenvalue weighted by molar-refractivity contribution is 0.101. The molecule has 0 saturated heterocycles. The minimum atomic E-state index is -3.99. The Morgan fingerprint density at radius 1 is 0.967 bits per heavy atom. The standard InChI is InChI=1S/C23H18O6S/c1-2-27-20-11-7-6-8-16(20)14-22-23(24)19-13-12-17(15-21(19)28-22)29-30(25,26)18-9-4-3-5-10-18/h3-15H,2H2,1H3. The van der Waals surface area contributed by atoms with Crippen LogP contribution in [-0.4, -0.2) is 20.8 Å². The molecule has 30 heavy (non-hydrogen) atoms. The van der Waals surface area contributed by atoms with Gasteiger partial charge in [-0.05, 0) is 43.3 Å². The quantitative estimate of drug-likeness (QED) is 0.431. The van der Waals surface area contributed by atoms with Crippen LogP contribution in [0.25, 0.3) is 6.08 Å². The molecule has 0 bridgehead atoms. The number of rotatable bonds is 6. The van der Waals surface area contributed by atoms with Crippen molar-refractivity contribution >= 4 is 22.0 Å². The average Bonchev–Trinajstić information content (AvgIpc) is 3.05. The molecule has 6 nitrogen and oxygen atoms in total. The van der Waals surface area contributed by atoms with Crippen LogP contribution in [0.1, 0.15) is 22.8 Å². The highest BCUT2D eigenvalue weighted by molar-refractivity contribution is 7.87. The van der Waals surface area contributed by atoms with Crippen LogP contribution in [0.15, 0.2) is 83.5 Å². The Bertz CT molecular complexity index is 1230. The summed E-state index contributed by atoms with van der Waals surface area (Å²) in [5.41, 5.74) is 1.04. The van der Waals surface area contributed by atoms with Crippen molar-refractivity contribution in [1.29, 1.82) is 0 Å². The van der Waals surface area contributed by atoms with Crippen LogP contribution in [0.4, 0.5) is 0 Å². The summed E-state index contributed by atoms with van der Waals surface area (Å²) in [4.78, 5) is 12.7. The first-order valence-electron chi connectivity index (χ1n) is 9.27. The van der Waals surface area contributed by atoms with E-state index >= 15 is 0 Å². The predicted octanol–water partition coefficient (Wildman–Crippen LogP) is 4.47. The van der Waals surface area contributed by atoms with E-state index in [1.807, 2.05) is 31.2 Å². The molecule has 1 aliphatic heterocycles. The predicted molar refractivity (Wildman–Crippen MR) is 111 cm³/mol. The Balaban J connectivity index is 1.61. The summed E-state index contributed by atoms with van der Waals surface area (Å²) in [5, 5.41) is 0. The van der Waals surface area contributed by atoms with Crippen molar-refractivity contribution in [2.24, 2.45) is 0 Å². The molecule has 3 aromatic carbocycles. The zero-order valence-electron chi connectivity index (χ0n) is 16.1. The Morgan fingerprint density at radius 3 is 2.47 bits per heavy atom. The SMILES string of the molecule is CCOc1ccccc1C=C1Oc2cc(OS(=O)(=O)c3ccccc3)ccc2C1=O. The molecular weight excluding hydrogens is 404 g/mol. The van der Waals surface area contributed by atoms with Gasteiger partial charge in [-0.2, -0.15) is 8.42 Å². The largest absolute Gasteiger partial charge is 0.493 e. The molecule has 7 heteroatoms. The van der Waals surface area contributed by atoms with Crippen LogP contribution in [-0.2, 0) is 10.1 Å². The van der Waals surface area contributed by atoms with Gasteiger partial charge in [0.1, 0.15) is 22.1 Å². The zero-order chi connectivity index (χ0) is 21.1. The fraction of sp³-hybridized carbons (Fsp3) is 0.0870. The van der Waals surface area contributed by atoms with Gasteiger partial charge in [-0.25, -0.2) is 0 Å². The molecule has 0 fully saturated rings. The number of carbonyl (C=O) groups excluding carboxylic acids is 1. The molecule has 152 valence electrons. The maximum atomic E-state index is 12.7. The number of ether oxygens (including phenoxy) is 2. The monoisotopic (exact) mass is 422 g/mol. The van der Waals surface area contributed by atoms with Crippen LogP contribution in [0.5, 0.6) is 17.2 Å². The molecule has 0 aromatic heterocycles. The number of allylic oxidation sites excluding steroid dienone is 1. The fourth-order valence-corrected chi connectivity index (χ4v) is 3.95. The third-order valence-corrected chi connectivity index (χ3v) is 5.65. The minimum Gasteiger partial charge on any atom is -0.493 e. The van der Waals surface area contributed by atoms with Gasteiger partial charge in [-0.1, -0.05) is 36.4 Å². The Hall–Kier alpha value is -3.58. The minimum absolute atomic E-state index is 0.0376. The molecular formula is C23H18O6S. The van der Waals surface area contributed by atoms with Gasteiger partial charge in [-0.3, -0.25) is 4.79 Å². The van der Waals surface area contributed by atoms with Gasteiger partial charge < -0.3 is 13.7 Å². The summed E-state index contributed by atoms with van der Waals surface area (Å²) in [6.45, 7) is 2.37. The van der Waals surface area contributed by atoms with Crippen LogP contribution >= 0.6 is 0 Å². The average molecular weight is 422 g/mol. The van der Waals surface area contributed by atoms with Crippen molar-refractivity contribution in [2.45, 2.75) is 11.8 Å². The third-order valence-electron chi connectivity index (χ3n) is 4.38. The lowest BCUT2D eigenvalue weighted by atomic mass is 10.1. The highest BCUT2D eigenvalue weighted by Gasteiger charge is 2.29. The second kappa shape index (κ2) is 8.04. The molecule has 0 unspecified atom stereocenters. The van der Waals surface area contributed by atoms with E-state index in [4.69, 9.17) is 13.7 Å². The zero-order valence-corrected chi connectivity index (χ0v) is 16.9. The van der Waals surface area contributed by atoms with Crippen molar-refractivity contribution in [3.05, 3.63) is 89.7 Å². The van der Waals surface area contributed by atoms with Gasteiger partial charge in [0.25, 0.3) is 0 Å². The van der Waals surface area contributed by atoms with Gasteiger partial charge in [-0.15, -0.1) is 0 Å². The molecule has 0 N–H and O–H groups in total. The smallest absolute Gasteiger partial charge is 0.339 e. The number of hydrogen-bond acceptors (Lipinski definition) is 6. The number of fused-ring (bicyclic) bond motifs is 1. The second-order valence-corrected chi connectivity index (χ2v) is 7.97. The van der Waals surface area contributed by atoms with Crippen molar-refractivity contribution in [1.82, 2.24) is 0 Å². The van der Waals surface area contributed by atoms with Crippen molar-refractivity contribution in [3.63, 3.8) is 0 Å². The molecule has 0 aliphatic carbocycles. The van der Waals surface area contributed by atoms with Gasteiger partial charge in [0, 0.05) is 11.6 Å². The first-order chi connectivity index (χ1) is 14.5. The fourth-order valence-electron chi connectivity index (χ4n) is 3.01. The van der Waals surface area contributed by atoms with E-state index in [1.54, 1.807) is 24.3 Å². The Labute approximate surface area is 174 Å². The van der Waals surface area contributed by atoms with Crippen LogP contribution in [0.3, 0.4) is 0 Å². The number of Topliss-reactive ketones (excluding diaryl/α,β-unsaturated/α-hetero) is 1. The molecule has 4 rings (SSSR count). The van der Waals surface area contributed by atoms with E-state index in [9.17, 15) is 13.2 Å². The highest BCUT2D eigenvalue weighted by Crippen LogP contribution is 2.36. The number of para-hydroxylation sites is 1. The van der Waals surface area contributed by atoms with Gasteiger partial charge >= 0.3 is 10.1 Å². The lowest BCUT2D eigenvalue weighted by Gasteiger charge is -2.08. The van der Waals surface area contributed by atoms with Crippen LogP contribution in [0.2, 0.25) is 0 Å². The molecule has 1 heterocycles. The maximum absolute atomic E-state index is 12.7. The second-order valence-electron chi connectivity index (χ2n) is 6.42. The molecule has 0 spiro atoms. The topological polar surface area (TPSA) is 78.9 Å². The first-order valence-corrected chi connectivity index (χ1v) is 10.7. The Kier molecular flexibility index (Phi) is 5.29. The van der Waals surface area contributed by atoms with E-state index in [0.717, 1.165) is 0 Å². The van der Waals surface area contributed by atoms with Crippen molar-refractivity contribution < 1.29 is 26.9 Å². The summed E-state index contributed by atoms with van der Waals surface area (Å²) in [6.07, 6.45) is 1.61. The van der Waals surface area contributed by atoms with E-state index < -0.39 is 10.1 Å². The number of hydrogen-bond donors (Lipinski definition) is 0. The van der Waals surface area contributed by atoms with Crippen molar-refractivity contribution in [3.8, 4) is 17.2 Å². The summed E-state index contributed by atoms with van der Waals surface area (Å²) >= 11 is 0. The molecule has 0 amide bonds. The van der Waals surface area contributed by atoms with Gasteiger partial charge in [0.2, 0.25) is 5.78 Å². The maximum Gasteiger partial charge on any atom is 0.339 e. The number of benzene rings is 3. The highest BCUT2D eigenvalue weighted by atomic mass is 32.2. The molecule has 0 saturated carbocycles. The van der Waals surface area contributed by atoms with E-state index in [1.165, 1.54) is 30.3 Å². The number of carbonyl (C=O) groups is 1. The molecule has 0 atom stereocenters. The van der Waals surface area contributed by atoms with Gasteiger partial charge in [0.15, 0.2) is 5.76 Å². The van der Waals surface area contributed by atoms with Crippen LogP contribution < -0.4 is 13.7 Å². The summed E-state index contributed by atoms with van der Waals surface area (Å²) in [5.74, 6) is 0.758. The molecule has 0 radical (unpaired) electrons. The number of ketones is 1. The third kappa shape index (κ3) is 3.92. The van der Waals surface area contributed by atoms with Crippen molar-refractivity contribution in [2.75, 3.05) is 6.61 Å². The first kappa shape index (κ1) is 19.7. The van der Waals surface area contributed by atoms with Crippen LogP contribution in [0, 0.1) is 0 Å². The lowest BCUT2D eigenvalue weighted by Crippen LogP contribution is -2.09. The van der Waals surface area contributed by atoms with E-state index in [0.29, 0.717) is 23.5 Å². The molecule has 1 aliphatic rings. The van der Waals surface area contributed by atoms with Gasteiger partial charge in [0.05, 0.1) is 12.2 Å². The summed E-state index contributed by atoms with van der Waals surface area (Å²) < 4.78 is 41.3. The molecule has 3 aromatic rings.